The van der Waals surface area contributed by atoms with Gasteiger partial charge in [0.05, 0.1) is 23.3 Å². The van der Waals surface area contributed by atoms with Gasteiger partial charge in [0.2, 0.25) is 0 Å². The number of amides is 1. The van der Waals surface area contributed by atoms with Crippen molar-refractivity contribution in [3.63, 3.8) is 0 Å². The maximum absolute atomic E-state index is 12.6. The van der Waals surface area contributed by atoms with Crippen LogP contribution in [0.3, 0.4) is 0 Å². The molecule has 1 aromatic rings. The van der Waals surface area contributed by atoms with Crippen molar-refractivity contribution in [1.82, 2.24) is 10.6 Å². The van der Waals surface area contributed by atoms with Crippen LogP contribution in [-0.4, -0.2) is 32.1 Å². The van der Waals surface area contributed by atoms with Gasteiger partial charge in [-0.2, -0.15) is 0 Å². The number of rotatable bonds is 8. The molecule has 1 aromatic carbocycles. The molecular formula is C21H28ClN3O3. The van der Waals surface area contributed by atoms with Gasteiger partial charge in [-0.3, -0.25) is 4.79 Å². The molecule has 0 saturated carbocycles. The van der Waals surface area contributed by atoms with Gasteiger partial charge in [-0.15, -0.1) is 0 Å². The maximum Gasteiger partial charge on any atom is 0.336 e. The number of allylic oxidation sites excluding steroid dienone is 3. The zero-order valence-corrected chi connectivity index (χ0v) is 17.4. The SMILES string of the molecule is COC(=O)C1=C(C)NC(C)=CC1c1ccc(Cl)c(C(=O)NCCCCCN)c1. The Morgan fingerprint density at radius 3 is 2.68 bits per heavy atom. The number of unbranched alkanes of at least 4 members (excludes halogenated alkanes) is 2. The highest BCUT2D eigenvalue weighted by molar-refractivity contribution is 6.33. The number of hydrogen-bond donors (Lipinski definition) is 3. The van der Waals surface area contributed by atoms with E-state index in [0.717, 1.165) is 36.2 Å². The largest absolute Gasteiger partial charge is 0.466 e. The Labute approximate surface area is 171 Å². The van der Waals surface area contributed by atoms with E-state index in [4.69, 9.17) is 22.1 Å². The van der Waals surface area contributed by atoms with Crippen LogP contribution in [0.15, 0.2) is 41.2 Å². The van der Waals surface area contributed by atoms with E-state index in [0.29, 0.717) is 29.2 Å². The van der Waals surface area contributed by atoms with Crippen LogP contribution in [0.1, 0.15) is 54.9 Å². The number of nitrogens with two attached hydrogens (primary N) is 1. The average molecular weight is 406 g/mol. The van der Waals surface area contributed by atoms with Crippen LogP contribution in [0.4, 0.5) is 0 Å². The van der Waals surface area contributed by atoms with Gasteiger partial charge in [-0.1, -0.05) is 30.2 Å². The van der Waals surface area contributed by atoms with E-state index in [2.05, 4.69) is 10.6 Å². The number of dihydropyridines is 1. The van der Waals surface area contributed by atoms with Gasteiger partial charge in [0.25, 0.3) is 5.91 Å². The van der Waals surface area contributed by atoms with E-state index in [-0.39, 0.29) is 11.8 Å². The van der Waals surface area contributed by atoms with Gasteiger partial charge in [-0.25, -0.2) is 4.79 Å². The molecule has 7 heteroatoms. The Balaban J connectivity index is 2.26. The second-order valence-corrected chi connectivity index (χ2v) is 7.23. The molecule has 1 unspecified atom stereocenters. The number of ether oxygens (including phenoxy) is 1. The number of methoxy groups -OCH3 is 1. The van der Waals surface area contributed by atoms with Crippen molar-refractivity contribution in [3.8, 4) is 0 Å². The van der Waals surface area contributed by atoms with Crippen LogP contribution < -0.4 is 16.4 Å². The van der Waals surface area contributed by atoms with Gasteiger partial charge in [0.15, 0.2) is 0 Å². The molecule has 6 nitrogen and oxygen atoms in total. The fourth-order valence-electron chi connectivity index (χ4n) is 3.28. The first-order chi connectivity index (χ1) is 13.4. The van der Waals surface area contributed by atoms with E-state index in [1.165, 1.54) is 7.11 Å². The van der Waals surface area contributed by atoms with Gasteiger partial charge < -0.3 is 21.1 Å². The number of hydrogen-bond acceptors (Lipinski definition) is 5. The van der Waals surface area contributed by atoms with Crippen LogP contribution in [0.5, 0.6) is 0 Å². The molecule has 0 bridgehead atoms. The van der Waals surface area contributed by atoms with Gasteiger partial charge in [-0.05, 0) is 50.9 Å². The molecular weight excluding hydrogens is 378 g/mol. The molecule has 0 aromatic heterocycles. The minimum absolute atomic E-state index is 0.227. The molecule has 1 aliphatic heterocycles. The smallest absolute Gasteiger partial charge is 0.336 e. The number of carbonyl (C=O) groups is 2. The summed E-state index contributed by atoms with van der Waals surface area (Å²) in [6.07, 6.45) is 4.72. The zero-order chi connectivity index (χ0) is 20.7. The maximum atomic E-state index is 12.6. The molecule has 0 spiro atoms. The van der Waals surface area contributed by atoms with E-state index in [9.17, 15) is 9.59 Å². The number of benzene rings is 1. The van der Waals surface area contributed by atoms with Crippen molar-refractivity contribution in [2.45, 2.75) is 39.0 Å². The Hall–Kier alpha value is -2.31. The highest BCUT2D eigenvalue weighted by Gasteiger charge is 2.28. The number of nitrogens with one attached hydrogen (secondary N) is 2. The number of halogens is 1. The summed E-state index contributed by atoms with van der Waals surface area (Å²) in [5, 5.41) is 6.43. The summed E-state index contributed by atoms with van der Waals surface area (Å²) >= 11 is 6.27. The van der Waals surface area contributed by atoms with E-state index < -0.39 is 5.97 Å². The quantitative estimate of drug-likeness (QED) is 0.456. The van der Waals surface area contributed by atoms with Crippen LogP contribution >= 0.6 is 11.6 Å². The second kappa shape index (κ2) is 10.3. The second-order valence-electron chi connectivity index (χ2n) is 6.83. The standard InChI is InChI=1S/C21H28ClN3O3/c1-13-11-16(19(14(2)25-13)21(27)28-3)15-7-8-18(22)17(12-15)20(26)24-10-6-4-5-9-23/h7-8,11-12,16,25H,4-6,9-10,23H2,1-3H3,(H,24,26). The molecule has 1 amide bonds. The van der Waals surface area contributed by atoms with E-state index in [1.54, 1.807) is 12.1 Å². The average Bonchev–Trinajstić information content (AvgIpc) is 2.67. The van der Waals surface area contributed by atoms with Gasteiger partial charge in [0, 0.05) is 23.9 Å². The Kier molecular flexibility index (Phi) is 8.08. The Morgan fingerprint density at radius 2 is 2.00 bits per heavy atom. The predicted molar refractivity (Wildman–Crippen MR) is 111 cm³/mol. The highest BCUT2D eigenvalue weighted by Crippen LogP contribution is 2.34. The molecule has 2 rings (SSSR count). The minimum Gasteiger partial charge on any atom is -0.466 e. The summed E-state index contributed by atoms with van der Waals surface area (Å²) in [7, 11) is 1.36. The lowest BCUT2D eigenvalue weighted by molar-refractivity contribution is -0.136. The molecule has 0 saturated heterocycles. The van der Waals surface area contributed by atoms with Gasteiger partial charge >= 0.3 is 5.97 Å². The molecule has 0 aliphatic carbocycles. The normalized spacial score (nSPS) is 16.3. The minimum atomic E-state index is -0.403. The monoisotopic (exact) mass is 405 g/mol. The van der Waals surface area contributed by atoms with E-state index in [1.807, 2.05) is 26.0 Å². The molecule has 0 fully saturated rings. The first-order valence-corrected chi connectivity index (χ1v) is 9.79. The third-order valence-corrected chi connectivity index (χ3v) is 5.01. The highest BCUT2D eigenvalue weighted by atomic mass is 35.5. The summed E-state index contributed by atoms with van der Waals surface area (Å²) in [5.74, 6) is -0.948. The molecule has 1 atom stereocenters. The van der Waals surface area contributed by atoms with Crippen molar-refractivity contribution in [3.05, 3.63) is 57.4 Å². The number of carbonyl (C=O) groups excluding carboxylic acids is 2. The molecule has 0 radical (unpaired) electrons. The zero-order valence-electron chi connectivity index (χ0n) is 16.6. The third-order valence-electron chi connectivity index (χ3n) is 4.68. The summed E-state index contributed by atoms with van der Waals surface area (Å²) in [4.78, 5) is 24.9. The van der Waals surface area contributed by atoms with E-state index >= 15 is 0 Å². The topological polar surface area (TPSA) is 93.4 Å². The molecule has 152 valence electrons. The number of esters is 1. The van der Waals surface area contributed by atoms with Crippen LogP contribution in [-0.2, 0) is 9.53 Å². The van der Waals surface area contributed by atoms with Crippen molar-refractivity contribution >= 4 is 23.5 Å². The van der Waals surface area contributed by atoms with Crippen molar-refractivity contribution in [2.24, 2.45) is 5.73 Å². The summed E-state index contributed by atoms with van der Waals surface area (Å²) in [5.41, 5.74) is 8.86. The summed E-state index contributed by atoms with van der Waals surface area (Å²) < 4.78 is 4.95. The fourth-order valence-corrected chi connectivity index (χ4v) is 3.48. The molecule has 28 heavy (non-hydrogen) atoms. The Morgan fingerprint density at radius 1 is 1.25 bits per heavy atom. The fraction of sp³-hybridized carbons (Fsp3) is 0.429. The lowest BCUT2D eigenvalue weighted by Crippen LogP contribution is -2.26. The van der Waals surface area contributed by atoms with Crippen molar-refractivity contribution in [1.29, 1.82) is 0 Å². The van der Waals surface area contributed by atoms with Gasteiger partial charge in [0.1, 0.15) is 0 Å². The lowest BCUT2D eigenvalue weighted by Gasteiger charge is -2.25. The Bertz CT molecular complexity index is 802. The van der Waals surface area contributed by atoms with Crippen molar-refractivity contribution < 1.29 is 14.3 Å². The first-order valence-electron chi connectivity index (χ1n) is 9.41. The third kappa shape index (κ3) is 5.36. The summed E-state index contributed by atoms with van der Waals surface area (Å²) in [6.45, 7) is 4.98. The van der Waals surface area contributed by atoms with Crippen LogP contribution in [0.25, 0.3) is 0 Å². The summed E-state index contributed by atoms with van der Waals surface area (Å²) in [6, 6.07) is 5.26. The van der Waals surface area contributed by atoms with Crippen LogP contribution in [0, 0.1) is 0 Å². The first kappa shape index (κ1) is 22.0. The lowest BCUT2D eigenvalue weighted by atomic mass is 9.86. The van der Waals surface area contributed by atoms with Crippen molar-refractivity contribution in [2.75, 3.05) is 20.2 Å². The molecule has 4 N–H and O–H groups in total. The predicted octanol–water partition coefficient (Wildman–Crippen LogP) is 3.24. The van der Waals surface area contributed by atoms with Crippen LogP contribution in [0.2, 0.25) is 5.02 Å². The molecule has 1 aliphatic rings. The molecule has 1 heterocycles.